The highest BCUT2D eigenvalue weighted by atomic mass is 15.0. The topological polar surface area (TPSA) is 37.8 Å². The summed E-state index contributed by atoms with van der Waals surface area (Å²) in [5.74, 6) is 2.88. The summed E-state index contributed by atoms with van der Waals surface area (Å²) in [4.78, 5) is 9.42. The van der Waals surface area contributed by atoms with Gasteiger partial charge in [-0.2, -0.15) is 0 Å². The van der Waals surface area contributed by atoms with Gasteiger partial charge in [-0.15, -0.1) is 0 Å². The van der Waals surface area contributed by atoms with Gasteiger partial charge in [0.2, 0.25) is 0 Å². The largest absolute Gasteiger partial charge is 0.370 e. The maximum atomic E-state index is 4.74. The van der Waals surface area contributed by atoms with Crippen LogP contribution < -0.4 is 5.32 Å². The number of aryl methyl sites for hydroxylation is 1. The van der Waals surface area contributed by atoms with Crippen LogP contribution in [-0.2, 0) is 0 Å². The SMILES string of the molecule is CCCNc1nc(C(C)CC)nc(C)c1C(C)C. The molecule has 0 aliphatic rings. The average molecular weight is 249 g/mol. The highest BCUT2D eigenvalue weighted by Gasteiger charge is 2.16. The molecule has 0 saturated carbocycles. The van der Waals surface area contributed by atoms with Gasteiger partial charge < -0.3 is 5.32 Å². The van der Waals surface area contributed by atoms with Crippen molar-refractivity contribution in [2.24, 2.45) is 0 Å². The van der Waals surface area contributed by atoms with Crippen molar-refractivity contribution in [3.05, 3.63) is 17.1 Å². The number of hydrogen-bond donors (Lipinski definition) is 1. The number of rotatable bonds is 6. The van der Waals surface area contributed by atoms with E-state index in [2.05, 4.69) is 51.8 Å². The van der Waals surface area contributed by atoms with Crippen LogP contribution in [0.4, 0.5) is 5.82 Å². The molecular formula is C15H27N3. The third-order valence-electron chi connectivity index (χ3n) is 3.33. The summed E-state index contributed by atoms with van der Waals surface area (Å²) >= 11 is 0. The van der Waals surface area contributed by atoms with Crippen molar-refractivity contribution < 1.29 is 0 Å². The molecule has 1 aromatic rings. The van der Waals surface area contributed by atoms with E-state index in [-0.39, 0.29) is 0 Å². The van der Waals surface area contributed by atoms with Crippen molar-refractivity contribution in [3.8, 4) is 0 Å². The van der Waals surface area contributed by atoms with Gasteiger partial charge in [-0.1, -0.05) is 34.6 Å². The zero-order valence-electron chi connectivity index (χ0n) is 12.7. The fourth-order valence-corrected chi connectivity index (χ4v) is 2.08. The number of anilines is 1. The Balaban J connectivity index is 3.18. The second-order valence-corrected chi connectivity index (χ2v) is 5.32. The summed E-state index contributed by atoms with van der Waals surface area (Å²) in [6.07, 6.45) is 2.19. The van der Waals surface area contributed by atoms with Crippen LogP contribution in [0.25, 0.3) is 0 Å². The van der Waals surface area contributed by atoms with Gasteiger partial charge in [0.15, 0.2) is 0 Å². The van der Waals surface area contributed by atoms with Gasteiger partial charge in [-0.3, -0.25) is 0 Å². The molecule has 0 bridgehead atoms. The molecule has 0 aliphatic heterocycles. The smallest absolute Gasteiger partial charge is 0.133 e. The Kier molecular flexibility index (Phi) is 5.57. The minimum absolute atomic E-state index is 0.423. The average Bonchev–Trinajstić information content (AvgIpc) is 2.33. The molecule has 3 heteroatoms. The van der Waals surface area contributed by atoms with Gasteiger partial charge in [0, 0.05) is 23.7 Å². The molecule has 1 atom stereocenters. The Hall–Kier alpha value is -1.12. The fourth-order valence-electron chi connectivity index (χ4n) is 2.08. The summed E-state index contributed by atoms with van der Waals surface area (Å²) < 4.78 is 0. The summed E-state index contributed by atoms with van der Waals surface area (Å²) in [5, 5.41) is 3.45. The van der Waals surface area contributed by atoms with Crippen LogP contribution >= 0.6 is 0 Å². The summed E-state index contributed by atoms with van der Waals surface area (Å²) in [7, 11) is 0. The van der Waals surface area contributed by atoms with Crippen LogP contribution in [0.2, 0.25) is 0 Å². The molecule has 1 unspecified atom stereocenters. The van der Waals surface area contributed by atoms with E-state index in [9.17, 15) is 0 Å². The minimum Gasteiger partial charge on any atom is -0.370 e. The van der Waals surface area contributed by atoms with Gasteiger partial charge in [0.25, 0.3) is 0 Å². The number of hydrogen-bond acceptors (Lipinski definition) is 3. The molecule has 1 heterocycles. The molecule has 0 radical (unpaired) electrons. The molecule has 102 valence electrons. The lowest BCUT2D eigenvalue weighted by molar-refractivity contribution is 0.667. The van der Waals surface area contributed by atoms with Crippen LogP contribution in [0.3, 0.4) is 0 Å². The Morgan fingerprint density at radius 1 is 1.11 bits per heavy atom. The summed E-state index contributed by atoms with van der Waals surface area (Å²) in [6.45, 7) is 14.0. The van der Waals surface area contributed by atoms with Gasteiger partial charge in [0.05, 0.1) is 0 Å². The van der Waals surface area contributed by atoms with Gasteiger partial charge >= 0.3 is 0 Å². The zero-order valence-corrected chi connectivity index (χ0v) is 12.7. The van der Waals surface area contributed by atoms with E-state index in [0.29, 0.717) is 11.8 Å². The Morgan fingerprint density at radius 2 is 1.78 bits per heavy atom. The van der Waals surface area contributed by atoms with Gasteiger partial charge in [-0.05, 0) is 25.7 Å². The lowest BCUT2D eigenvalue weighted by Gasteiger charge is -2.18. The molecule has 0 fully saturated rings. The van der Waals surface area contributed by atoms with E-state index in [1.807, 2.05) is 0 Å². The normalized spacial score (nSPS) is 12.8. The van der Waals surface area contributed by atoms with Crippen LogP contribution in [0.1, 0.15) is 76.4 Å². The third-order valence-corrected chi connectivity index (χ3v) is 3.33. The third kappa shape index (κ3) is 3.44. The summed E-state index contributed by atoms with van der Waals surface area (Å²) in [6, 6.07) is 0. The van der Waals surface area contributed by atoms with E-state index in [4.69, 9.17) is 4.98 Å². The highest BCUT2D eigenvalue weighted by molar-refractivity contribution is 5.48. The first-order chi connectivity index (χ1) is 8.51. The van der Waals surface area contributed by atoms with Crippen molar-refractivity contribution >= 4 is 5.82 Å². The van der Waals surface area contributed by atoms with Crippen molar-refractivity contribution in [1.29, 1.82) is 0 Å². The standard InChI is InChI=1S/C15H27N3/c1-7-9-16-15-13(10(3)4)12(6)17-14(18-15)11(5)8-2/h10-11H,7-9H2,1-6H3,(H,16,17,18). The van der Waals surface area contributed by atoms with E-state index in [0.717, 1.165) is 36.7 Å². The Bertz CT molecular complexity index is 386. The van der Waals surface area contributed by atoms with Crippen LogP contribution in [0.5, 0.6) is 0 Å². The van der Waals surface area contributed by atoms with Crippen molar-refractivity contribution in [3.63, 3.8) is 0 Å². The minimum atomic E-state index is 0.423. The van der Waals surface area contributed by atoms with Crippen molar-refractivity contribution in [1.82, 2.24) is 9.97 Å². The number of aromatic nitrogens is 2. The second kappa shape index (κ2) is 6.72. The molecule has 0 saturated heterocycles. The van der Waals surface area contributed by atoms with E-state index in [1.54, 1.807) is 0 Å². The first-order valence-electron chi connectivity index (χ1n) is 7.13. The lowest BCUT2D eigenvalue weighted by atomic mass is 10.0. The molecular weight excluding hydrogens is 222 g/mol. The first-order valence-corrected chi connectivity index (χ1v) is 7.13. The molecule has 0 aliphatic carbocycles. The molecule has 0 amide bonds. The van der Waals surface area contributed by atoms with Gasteiger partial charge in [-0.25, -0.2) is 9.97 Å². The quantitative estimate of drug-likeness (QED) is 0.819. The lowest BCUT2D eigenvalue weighted by Crippen LogP contribution is -2.13. The maximum absolute atomic E-state index is 4.74. The molecule has 1 rings (SSSR count). The van der Waals surface area contributed by atoms with E-state index in [1.165, 1.54) is 5.56 Å². The number of nitrogens with zero attached hydrogens (tertiary/aromatic N) is 2. The maximum Gasteiger partial charge on any atom is 0.133 e. The van der Waals surface area contributed by atoms with Crippen LogP contribution in [-0.4, -0.2) is 16.5 Å². The predicted octanol–water partition coefficient (Wildman–Crippen LogP) is 4.24. The molecule has 18 heavy (non-hydrogen) atoms. The fraction of sp³-hybridized carbons (Fsp3) is 0.733. The molecule has 0 aromatic carbocycles. The highest BCUT2D eigenvalue weighted by Crippen LogP contribution is 2.27. The van der Waals surface area contributed by atoms with Crippen molar-refractivity contribution in [2.75, 3.05) is 11.9 Å². The van der Waals surface area contributed by atoms with Crippen molar-refractivity contribution in [2.45, 2.75) is 66.2 Å². The summed E-state index contributed by atoms with van der Waals surface area (Å²) in [5.41, 5.74) is 2.38. The van der Waals surface area contributed by atoms with Crippen LogP contribution in [0.15, 0.2) is 0 Å². The first kappa shape index (κ1) is 14.9. The molecule has 3 nitrogen and oxygen atoms in total. The molecule has 1 aromatic heterocycles. The second-order valence-electron chi connectivity index (χ2n) is 5.32. The predicted molar refractivity (Wildman–Crippen MR) is 78.3 cm³/mol. The van der Waals surface area contributed by atoms with Crippen LogP contribution in [0, 0.1) is 6.92 Å². The Labute approximate surface area is 111 Å². The van der Waals surface area contributed by atoms with Gasteiger partial charge in [0.1, 0.15) is 11.6 Å². The molecule has 1 N–H and O–H groups in total. The Morgan fingerprint density at radius 3 is 2.28 bits per heavy atom. The molecule has 0 spiro atoms. The number of nitrogens with one attached hydrogen (secondary N) is 1. The zero-order chi connectivity index (χ0) is 13.7. The monoisotopic (exact) mass is 249 g/mol. The van der Waals surface area contributed by atoms with E-state index >= 15 is 0 Å². The van der Waals surface area contributed by atoms with E-state index < -0.39 is 0 Å².